The van der Waals surface area contributed by atoms with E-state index in [2.05, 4.69) is 20.9 Å². The summed E-state index contributed by atoms with van der Waals surface area (Å²) in [5.41, 5.74) is 3.26. The maximum absolute atomic E-state index is 13.3. The predicted octanol–water partition coefficient (Wildman–Crippen LogP) is 4.75. The topological polar surface area (TPSA) is 58.1 Å². The molecule has 0 saturated heterocycles. The molecule has 1 aromatic heterocycles. The number of benzene rings is 1. The molecule has 4 nitrogen and oxygen atoms in total. The SMILES string of the molecule is C#CC(=O)C/C=C(\C)c1nc(-c2ccc(F)cc2)c(C/C=C\N=CCC)[nH]1. The standard InChI is InChI=1S/C22H22FN3O/c1-4-14-24-15-6-7-20-21(17-9-11-18(23)12-10-17)26-22(25-20)16(3)8-13-19(27)5-2/h2,6,8-12,14-15H,4,7,13H2,1,3H3,(H,25,26)/b15-6-,16-8+,24-14?. The first kappa shape index (κ1) is 20.1. The van der Waals surface area contributed by atoms with Gasteiger partial charge in [0.2, 0.25) is 5.78 Å². The fraction of sp³-hybridized carbons (Fsp3) is 0.227. The fourth-order valence-electron chi connectivity index (χ4n) is 2.39. The van der Waals surface area contributed by atoms with E-state index in [1.54, 1.807) is 24.4 Å². The summed E-state index contributed by atoms with van der Waals surface area (Å²) in [5.74, 6) is 2.17. The average Bonchev–Trinajstić information content (AvgIpc) is 3.10. The lowest BCUT2D eigenvalue weighted by Gasteiger charge is -2.00. The Bertz CT molecular complexity index is 912. The highest BCUT2D eigenvalue weighted by molar-refractivity contribution is 5.96. The van der Waals surface area contributed by atoms with Gasteiger partial charge < -0.3 is 4.98 Å². The minimum Gasteiger partial charge on any atom is -0.341 e. The maximum Gasteiger partial charge on any atom is 0.208 e. The van der Waals surface area contributed by atoms with Crippen molar-refractivity contribution in [1.82, 2.24) is 9.97 Å². The van der Waals surface area contributed by atoms with Crippen LogP contribution in [0.4, 0.5) is 4.39 Å². The molecule has 0 aliphatic rings. The molecule has 0 spiro atoms. The Morgan fingerprint density at radius 3 is 2.78 bits per heavy atom. The number of H-pyrrole nitrogens is 1. The van der Waals surface area contributed by atoms with Gasteiger partial charge in [-0.2, -0.15) is 0 Å². The minimum absolute atomic E-state index is 0.163. The van der Waals surface area contributed by atoms with E-state index < -0.39 is 0 Å². The molecule has 2 aromatic rings. The quantitative estimate of drug-likeness (QED) is 0.418. The molecular weight excluding hydrogens is 341 g/mol. The van der Waals surface area contributed by atoms with Crippen molar-refractivity contribution < 1.29 is 9.18 Å². The van der Waals surface area contributed by atoms with Gasteiger partial charge in [0.15, 0.2) is 0 Å². The molecule has 0 radical (unpaired) electrons. The summed E-state index contributed by atoms with van der Waals surface area (Å²) < 4.78 is 13.3. The molecule has 27 heavy (non-hydrogen) atoms. The number of nitrogens with one attached hydrogen (secondary N) is 1. The molecule has 0 unspecified atom stereocenters. The first-order chi connectivity index (χ1) is 13.0. The summed E-state index contributed by atoms with van der Waals surface area (Å²) in [6.07, 6.45) is 14.0. The lowest BCUT2D eigenvalue weighted by atomic mass is 10.1. The molecule has 0 bridgehead atoms. The number of terminal acetylenes is 1. The number of Topliss-reactive ketones (excluding diaryl/α,β-unsaturated/α-hetero) is 1. The Labute approximate surface area is 159 Å². The third-order valence-corrected chi connectivity index (χ3v) is 3.83. The summed E-state index contributed by atoms with van der Waals surface area (Å²) in [7, 11) is 0. The summed E-state index contributed by atoms with van der Waals surface area (Å²) in [6.45, 7) is 3.88. The molecular formula is C22H22FN3O. The molecule has 0 atom stereocenters. The van der Waals surface area contributed by atoms with Crippen LogP contribution in [0.3, 0.4) is 0 Å². The van der Waals surface area contributed by atoms with E-state index in [-0.39, 0.29) is 18.0 Å². The second-order valence-corrected chi connectivity index (χ2v) is 5.91. The Morgan fingerprint density at radius 1 is 1.37 bits per heavy atom. The third-order valence-electron chi connectivity index (χ3n) is 3.83. The molecule has 0 saturated carbocycles. The Morgan fingerprint density at radius 2 is 2.11 bits per heavy atom. The summed E-state index contributed by atoms with van der Waals surface area (Å²) in [4.78, 5) is 23.4. The van der Waals surface area contributed by atoms with Gasteiger partial charge in [-0.05, 0) is 49.1 Å². The van der Waals surface area contributed by atoms with Crippen LogP contribution in [-0.2, 0) is 11.2 Å². The molecule has 1 N–H and O–H groups in total. The Balaban J connectivity index is 2.34. The number of hydrogen-bond donors (Lipinski definition) is 1. The van der Waals surface area contributed by atoms with Crippen molar-refractivity contribution in [2.24, 2.45) is 4.99 Å². The molecule has 138 valence electrons. The molecule has 0 fully saturated rings. The smallest absolute Gasteiger partial charge is 0.208 e. The highest BCUT2D eigenvalue weighted by atomic mass is 19.1. The number of imidazole rings is 1. The molecule has 1 heterocycles. The van der Waals surface area contributed by atoms with Gasteiger partial charge >= 0.3 is 0 Å². The molecule has 1 aromatic carbocycles. The highest BCUT2D eigenvalue weighted by Gasteiger charge is 2.13. The fourth-order valence-corrected chi connectivity index (χ4v) is 2.39. The van der Waals surface area contributed by atoms with Crippen LogP contribution in [0, 0.1) is 18.2 Å². The van der Waals surface area contributed by atoms with E-state index in [1.165, 1.54) is 12.1 Å². The van der Waals surface area contributed by atoms with Crippen LogP contribution < -0.4 is 0 Å². The summed E-state index contributed by atoms with van der Waals surface area (Å²) >= 11 is 0. The van der Waals surface area contributed by atoms with Crippen molar-refractivity contribution >= 4 is 17.6 Å². The van der Waals surface area contributed by atoms with E-state index >= 15 is 0 Å². The van der Waals surface area contributed by atoms with E-state index in [0.717, 1.165) is 28.9 Å². The number of hydrogen-bond acceptors (Lipinski definition) is 3. The van der Waals surface area contributed by atoms with Gasteiger partial charge in [0.25, 0.3) is 0 Å². The van der Waals surface area contributed by atoms with Gasteiger partial charge in [0, 0.05) is 36.5 Å². The molecule has 2 rings (SSSR count). The van der Waals surface area contributed by atoms with E-state index in [4.69, 9.17) is 6.42 Å². The lowest BCUT2D eigenvalue weighted by Crippen LogP contribution is -1.91. The van der Waals surface area contributed by atoms with Crippen LogP contribution in [-0.4, -0.2) is 22.0 Å². The number of carbonyl (C=O) groups excluding carboxylic acids is 1. The number of nitrogens with zero attached hydrogens (tertiary/aromatic N) is 2. The number of aromatic nitrogens is 2. The summed E-state index contributed by atoms with van der Waals surface area (Å²) in [6, 6.07) is 6.20. The summed E-state index contributed by atoms with van der Waals surface area (Å²) in [5, 5.41) is 0. The number of aromatic amines is 1. The minimum atomic E-state index is -0.297. The second kappa shape index (κ2) is 10.0. The van der Waals surface area contributed by atoms with Crippen molar-refractivity contribution in [2.75, 3.05) is 0 Å². The van der Waals surface area contributed by atoms with Gasteiger partial charge in [0.05, 0.1) is 5.69 Å². The van der Waals surface area contributed by atoms with E-state index in [9.17, 15) is 9.18 Å². The van der Waals surface area contributed by atoms with Gasteiger partial charge in [-0.1, -0.05) is 19.1 Å². The van der Waals surface area contributed by atoms with Crippen LogP contribution in [0.5, 0.6) is 0 Å². The van der Waals surface area contributed by atoms with Crippen molar-refractivity contribution in [3.63, 3.8) is 0 Å². The monoisotopic (exact) mass is 363 g/mol. The van der Waals surface area contributed by atoms with E-state index in [0.29, 0.717) is 12.2 Å². The lowest BCUT2D eigenvalue weighted by molar-refractivity contribution is -0.113. The third kappa shape index (κ3) is 5.89. The van der Waals surface area contributed by atoms with Crippen LogP contribution >= 0.6 is 0 Å². The molecule has 5 heteroatoms. The van der Waals surface area contributed by atoms with Crippen molar-refractivity contribution in [2.45, 2.75) is 33.1 Å². The van der Waals surface area contributed by atoms with Crippen LogP contribution in [0.15, 0.2) is 47.6 Å². The molecule has 0 aliphatic heterocycles. The van der Waals surface area contributed by atoms with Crippen molar-refractivity contribution in [3.05, 3.63) is 60.0 Å². The normalized spacial score (nSPS) is 12.0. The average molecular weight is 363 g/mol. The Hall–Kier alpha value is -3.26. The zero-order valence-electron chi connectivity index (χ0n) is 15.5. The van der Waals surface area contributed by atoms with E-state index in [1.807, 2.05) is 26.1 Å². The first-order valence-corrected chi connectivity index (χ1v) is 8.73. The number of rotatable bonds is 8. The number of carbonyl (C=O) groups is 1. The van der Waals surface area contributed by atoms with Crippen LogP contribution in [0.1, 0.15) is 38.2 Å². The Kier molecular flexibility index (Phi) is 7.45. The number of allylic oxidation sites excluding steroid dienone is 3. The largest absolute Gasteiger partial charge is 0.341 e. The van der Waals surface area contributed by atoms with Crippen LogP contribution in [0.2, 0.25) is 0 Å². The predicted molar refractivity (Wildman–Crippen MR) is 108 cm³/mol. The van der Waals surface area contributed by atoms with Gasteiger partial charge in [-0.15, -0.1) is 6.42 Å². The van der Waals surface area contributed by atoms with Gasteiger partial charge in [0.1, 0.15) is 11.6 Å². The van der Waals surface area contributed by atoms with Gasteiger partial charge in [-0.25, -0.2) is 9.37 Å². The van der Waals surface area contributed by atoms with Crippen molar-refractivity contribution in [3.8, 4) is 23.6 Å². The van der Waals surface area contributed by atoms with Crippen LogP contribution in [0.25, 0.3) is 16.8 Å². The zero-order chi connectivity index (χ0) is 19.6. The molecule has 0 aliphatic carbocycles. The van der Waals surface area contributed by atoms with Crippen molar-refractivity contribution in [1.29, 1.82) is 0 Å². The number of ketones is 1. The van der Waals surface area contributed by atoms with Gasteiger partial charge in [-0.3, -0.25) is 9.79 Å². The number of halogens is 1. The zero-order valence-corrected chi connectivity index (χ0v) is 15.5. The first-order valence-electron chi connectivity index (χ1n) is 8.73. The second-order valence-electron chi connectivity index (χ2n) is 5.91. The number of aliphatic imine (C=N–C) groups is 1. The maximum atomic E-state index is 13.3. The molecule has 0 amide bonds. The highest BCUT2D eigenvalue weighted by Crippen LogP contribution is 2.25.